The highest BCUT2D eigenvalue weighted by Gasteiger charge is 2.25. The first-order valence-corrected chi connectivity index (χ1v) is 7.65. The monoisotopic (exact) mass is 260 g/mol. The van der Waals surface area contributed by atoms with E-state index in [-0.39, 0.29) is 0 Å². The van der Waals surface area contributed by atoms with E-state index in [9.17, 15) is 0 Å². The molecule has 1 saturated carbocycles. The highest BCUT2D eigenvalue weighted by molar-refractivity contribution is 5.40. The molecule has 1 aromatic rings. The molecule has 2 heteroatoms. The van der Waals surface area contributed by atoms with Crippen LogP contribution in [0.3, 0.4) is 0 Å². The zero-order valence-electron chi connectivity index (χ0n) is 12.6. The Morgan fingerprint density at radius 3 is 2.32 bits per heavy atom. The van der Waals surface area contributed by atoms with Crippen LogP contribution in [-0.4, -0.2) is 24.0 Å². The van der Waals surface area contributed by atoms with Crippen LogP contribution in [0, 0.1) is 5.92 Å². The van der Waals surface area contributed by atoms with Gasteiger partial charge in [-0.15, -0.1) is 0 Å². The quantitative estimate of drug-likeness (QED) is 0.754. The van der Waals surface area contributed by atoms with Gasteiger partial charge in [0.2, 0.25) is 0 Å². The van der Waals surface area contributed by atoms with E-state index >= 15 is 0 Å². The summed E-state index contributed by atoms with van der Waals surface area (Å²) >= 11 is 0. The second-order valence-electron chi connectivity index (χ2n) is 6.39. The summed E-state index contributed by atoms with van der Waals surface area (Å²) in [5, 5.41) is 0. The van der Waals surface area contributed by atoms with E-state index in [1.165, 1.54) is 37.9 Å². The Labute approximate surface area is 118 Å². The Morgan fingerprint density at radius 1 is 1.16 bits per heavy atom. The molecule has 0 bridgehead atoms. The van der Waals surface area contributed by atoms with E-state index in [1.54, 1.807) is 0 Å². The van der Waals surface area contributed by atoms with Crippen LogP contribution < -0.4 is 5.73 Å². The van der Waals surface area contributed by atoms with Gasteiger partial charge in [-0.3, -0.25) is 0 Å². The topological polar surface area (TPSA) is 29.3 Å². The minimum atomic E-state index is 0.612. The van der Waals surface area contributed by atoms with Gasteiger partial charge in [-0.05, 0) is 69.2 Å². The molecule has 1 aliphatic rings. The number of benzene rings is 1. The third kappa shape index (κ3) is 4.54. The predicted octanol–water partition coefficient (Wildman–Crippen LogP) is 3.88. The van der Waals surface area contributed by atoms with Crippen molar-refractivity contribution in [2.24, 2.45) is 5.92 Å². The number of rotatable bonds is 7. The van der Waals surface area contributed by atoms with E-state index in [0.717, 1.165) is 11.6 Å². The molecule has 2 nitrogen and oxygen atoms in total. The second kappa shape index (κ2) is 6.42. The Kier molecular flexibility index (Phi) is 4.87. The molecule has 1 unspecified atom stereocenters. The molecule has 0 heterocycles. The molecule has 0 spiro atoms. The van der Waals surface area contributed by atoms with Crippen LogP contribution in [0.25, 0.3) is 0 Å². The van der Waals surface area contributed by atoms with Gasteiger partial charge in [0.1, 0.15) is 0 Å². The Hall–Kier alpha value is -1.02. The fourth-order valence-corrected chi connectivity index (χ4v) is 2.54. The number of anilines is 1. The van der Waals surface area contributed by atoms with Crippen LogP contribution >= 0.6 is 0 Å². The van der Waals surface area contributed by atoms with Crippen LogP contribution in [0.15, 0.2) is 24.3 Å². The van der Waals surface area contributed by atoms with Crippen LogP contribution in [0.2, 0.25) is 0 Å². The standard InChI is InChI=1S/C17H28N2/c1-13(2)19(12-15-4-5-15)11-10-14(3)16-6-8-17(18)9-7-16/h6-9,13-15H,4-5,10-12,18H2,1-3H3. The number of hydrogen-bond acceptors (Lipinski definition) is 2. The molecule has 0 aliphatic heterocycles. The van der Waals surface area contributed by atoms with Gasteiger partial charge in [0, 0.05) is 18.3 Å². The van der Waals surface area contributed by atoms with E-state index in [1.807, 2.05) is 12.1 Å². The normalized spacial score (nSPS) is 17.1. The maximum atomic E-state index is 5.74. The lowest BCUT2D eigenvalue weighted by atomic mass is 9.97. The largest absolute Gasteiger partial charge is 0.399 e. The van der Waals surface area contributed by atoms with Crippen molar-refractivity contribution in [1.29, 1.82) is 0 Å². The predicted molar refractivity (Wildman–Crippen MR) is 83.3 cm³/mol. The molecule has 0 aromatic heterocycles. The van der Waals surface area contributed by atoms with Gasteiger partial charge in [-0.1, -0.05) is 19.1 Å². The van der Waals surface area contributed by atoms with Crippen molar-refractivity contribution in [3.05, 3.63) is 29.8 Å². The van der Waals surface area contributed by atoms with Crippen molar-refractivity contribution in [2.75, 3.05) is 18.8 Å². The maximum Gasteiger partial charge on any atom is 0.0314 e. The van der Waals surface area contributed by atoms with Gasteiger partial charge in [0.25, 0.3) is 0 Å². The number of nitrogen functional groups attached to an aromatic ring is 1. The van der Waals surface area contributed by atoms with E-state index < -0.39 is 0 Å². The lowest BCUT2D eigenvalue weighted by molar-refractivity contribution is 0.206. The lowest BCUT2D eigenvalue weighted by Crippen LogP contribution is -2.34. The summed E-state index contributed by atoms with van der Waals surface area (Å²) < 4.78 is 0. The summed E-state index contributed by atoms with van der Waals surface area (Å²) in [6.07, 6.45) is 4.11. The van der Waals surface area contributed by atoms with Crippen LogP contribution in [0.1, 0.15) is 51.5 Å². The number of hydrogen-bond donors (Lipinski definition) is 1. The van der Waals surface area contributed by atoms with Crippen molar-refractivity contribution in [3.63, 3.8) is 0 Å². The van der Waals surface area contributed by atoms with E-state index in [4.69, 9.17) is 5.73 Å². The average molecular weight is 260 g/mol. The summed E-state index contributed by atoms with van der Waals surface area (Å²) in [5.41, 5.74) is 8.00. The zero-order chi connectivity index (χ0) is 13.8. The zero-order valence-corrected chi connectivity index (χ0v) is 12.6. The molecule has 0 saturated heterocycles. The van der Waals surface area contributed by atoms with Gasteiger partial charge < -0.3 is 10.6 Å². The molecule has 1 aromatic carbocycles. The first kappa shape index (κ1) is 14.4. The van der Waals surface area contributed by atoms with Crippen molar-refractivity contribution < 1.29 is 0 Å². The van der Waals surface area contributed by atoms with Gasteiger partial charge >= 0.3 is 0 Å². The molecule has 1 aliphatic carbocycles. The minimum Gasteiger partial charge on any atom is -0.399 e. The van der Waals surface area contributed by atoms with Crippen LogP contribution in [0.4, 0.5) is 5.69 Å². The molecule has 19 heavy (non-hydrogen) atoms. The third-order valence-electron chi connectivity index (χ3n) is 4.27. The van der Waals surface area contributed by atoms with Crippen molar-refractivity contribution in [1.82, 2.24) is 4.90 Å². The fourth-order valence-electron chi connectivity index (χ4n) is 2.54. The molecule has 1 atom stereocenters. The van der Waals surface area contributed by atoms with Crippen molar-refractivity contribution >= 4 is 5.69 Å². The van der Waals surface area contributed by atoms with Gasteiger partial charge in [-0.2, -0.15) is 0 Å². The lowest BCUT2D eigenvalue weighted by Gasteiger charge is -2.27. The Balaban J connectivity index is 1.83. The molecule has 1 fully saturated rings. The summed E-state index contributed by atoms with van der Waals surface area (Å²) in [7, 11) is 0. The summed E-state index contributed by atoms with van der Waals surface area (Å²) in [4.78, 5) is 2.64. The summed E-state index contributed by atoms with van der Waals surface area (Å²) in [6, 6.07) is 9.02. The summed E-state index contributed by atoms with van der Waals surface area (Å²) in [6.45, 7) is 9.46. The smallest absolute Gasteiger partial charge is 0.0314 e. The molecular weight excluding hydrogens is 232 g/mol. The fraction of sp³-hybridized carbons (Fsp3) is 0.647. The summed E-state index contributed by atoms with van der Waals surface area (Å²) in [5.74, 6) is 1.59. The highest BCUT2D eigenvalue weighted by Crippen LogP contribution is 2.31. The van der Waals surface area contributed by atoms with Crippen molar-refractivity contribution in [3.8, 4) is 0 Å². The van der Waals surface area contributed by atoms with Crippen LogP contribution in [-0.2, 0) is 0 Å². The molecule has 0 amide bonds. The van der Waals surface area contributed by atoms with Crippen LogP contribution in [0.5, 0.6) is 0 Å². The number of nitrogens with two attached hydrogens (primary N) is 1. The maximum absolute atomic E-state index is 5.74. The molecular formula is C17H28N2. The molecule has 2 N–H and O–H groups in total. The molecule has 2 rings (SSSR count). The Morgan fingerprint density at radius 2 is 1.79 bits per heavy atom. The molecule has 106 valence electrons. The SMILES string of the molecule is CC(CCN(CC1CC1)C(C)C)c1ccc(N)cc1. The number of nitrogens with zero attached hydrogens (tertiary/aromatic N) is 1. The average Bonchev–Trinajstić information content (AvgIpc) is 3.18. The highest BCUT2D eigenvalue weighted by atomic mass is 15.1. The van der Waals surface area contributed by atoms with Crippen molar-refractivity contribution in [2.45, 2.75) is 52.0 Å². The molecule has 0 radical (unpaired) electrons. The minimum absolute atomic E-state index is 0.612. The third-order valence-corrected chi connectivity index (χ3v) is 4.27. The van der Waals surface area contributed by atoms with E-state index in [0.29, 0.717) is 12.0 Å². The van der Waals surface area contributed by atoms with E-state index in [2.05, 4.69) is 37.8 Å². The van der Waals surface area contributed by atoms with Gasteiger partial charge in [-0.25, -0.2) is 0 Å². The first-order chi connectivity index (χ1) is 9.06. The Bertz CT molecular complexity index is 379. The second-order valence-corrected chi connectivity index (χ2v) is 6.39. The van der Waals surface area contributed by atoms with Gasteiger partial charge in [0.15, 0.2) is 0 Å². The first-order valence-electron chi connectivity index (χ1n) is 7.65. The van der Waals surface area contributed by atoms with Gasteiger partial charge in [0.05, 0.1) is 0 Å².